The van der Waals surface area contributed by atoms with Crippen molar-refractivity contribution in [1.29, 1.82) is 0 Å². The molecule has 1 aliphatic heterocycles. The molecule has 1 saturated carbocycles. The Kier molecular flexibility index (Phi) is 4.82. The molecule has 4 amide bonds. The monoisotopic (exact) mass is 400 g/mol. The van der Waals surface area contributed by atoms with Crippen molar-refractivity contribution in [3.63, 3.8) is 0 Å². The van der Waals surface area contributed by atoms with Crippen molar-refractivity contribution < 1.29 is 14.4 Å². The lowest BCUT2D eigenvalue weighted by Gasteiger charge is -2.36. The summed E-state index contributed by atoms with van der Waals surface area (Å²) in [6.07, 6.45) is 3.51. The minimum Gasteiger partial charge on any atom is -0.346 e. The van der Waals surface area contributed by atoms with Gasteiger partial charge in [0.05, 0.1) is 16.3 Å². The fourth-order valence-corrected chi connectivity index (χ4v) is 5.18. The van der Waals surface area contributed by atoms with Crippen molar-refractivity contribution >= 4 is 39.4 Å². The van der Waals surface area contributed by atoms with Gasteiger partial charge in [-0.1, -0.05) is 31.9 Å². The van der Waals surface area contributed by atoms with Crippen molar-refractivity contribution in [2.45, 2.75) is 51.1 Å². The predicted octanol–water partition coefficient (Wildman–Crippen LogP) is 2.97. The second-order valence-corrected chi connectivity index (χ2v) is 8.81. The number of nitrogens with zero attached hydrogens (tertiary/aromatic N) is 2. The van der Waals surface area contributed by atoms with Gasteiger partial charge in [-0.3, -0.25) is 14.5 Å². The number of aromatic nitrogens is 1. The molecule has 8 heteroatoms. The molecule has 148 valence electrons. The molecule has 3 atom stereocenters. The van der Waals surface area contributed by atoms with Crippen molar-refractivity contribution in [1.82, 2.24) is 20.5 Å². The smallest absolute Gasteiger partial charge is 0.325 e. The number of hydrogen-bond acceptors (Lipinski definition) is 5. The number of nitrogens with one attached hydrogen (secondary N) is 2. The second-order valence-electron chi connectivity index (χ2n) is 7.75. The van der Waals surface area contributed by atoms with Crippen LogP contribution in [0.1, 0.15) is 50.6 Å². The van der Waals surface area contributed by atoms with E-state index >= 15 is 0 Å². The van der Waals surface area contributed by atoms with E-state index in [-0.39, 0.29) is 30.3 Å². The summed E-state index contributed by atoms with van der Waals surface area (Å²) >= 11 is 1.52. The zero-order valence-electron chi connectivity index (χ0n) is 16.0. The van der Waals surface area contributed by atoms with Crippen LogP contribution < -0.4 is 10.6 Å². The molecule has 0 radical (unpaired) electrons. The number of carbonyl (C=O) groups is 3. The van der Waals surface area contributed by atoms with E-state index in [1.807, 2.05) is 38.1 Å². The van der Waals surface area contributed by atoms with Crippen LogP contribution in [0.25, 0.3) is 10.2 Å². The SMILES string of the molecule is C[C@H](NC(=O)CN1C(=O)N[C@]2(CCCC[C@@H]2C)C1=O)c1nc2ccccc2s1. The number of urea groups is 1. The van der Waals surface area contributed by atoms with Crippen molar-refractivity contribution in [3.8, 4) is 0 Å². The van der Waals surface area contributed by atoms with Gasteiger partial charge in [0.2, 0.25) is 5.91 Å². The van der Waals surface area contributed by atoms with Crippen LogP contribution in [0.15, 0.2) is 24.3 Å². The van der Waals surface area contributed by atoms with E-state index in [0.29, 0.717) is 6.42 Å². The van der Waals surface area contributed by atoms with E-state index in [1.54, 1.807) is 0 Å². The molecular formula is C20H24N4O3S. The standard InChI is InChI=1S/C20H24N4O3S/c1-12-7-5-6-10-20(12)18(26)24(19(27)23-20)11-16(25)21-13(2)17-22-14-8-3-4-9-15(14)28-17/h3-4,8-9,12-13H,5-7,10-11H2,1-2H3,(H,21,25)(H,23,27)/t12-,13-,20-/m0/s1. The minimum absolute atomic E-state index is 0.0763. The summed E-state index contributed by atoms with van der Waals surface area (Å²) in [6.45, 7) is 3.58. The van der Waals surface area contributed by atoms with E-state index in [0.717, 1.165) is 39.4 Å². The Morgan fingerprint density at radius 3 is 2.93 bits per heavy atom. The summed E-state index contributed by atoms with van der Waals surface area (Å²) in [6, 6.07) is 7.03. The second kappa shape index (κ2) is 7.16. The number of benzene rings is 1. The maximum Gasteiger partial charge on any atom is 0.325 e. The third-order valence-corrected chi connectivity index (χ3v) is 7.08. The number of para-hydroxylation sites is 1. The molecule has 0 bridgehead atoms. The number of thiazole rings is 1. The summed E-state index contributed by atoms with van der Waals surface area (Å²) in [7, 11) is 0. The molecule has 1 aromatic carbocycles. The fourth-order valence-electron chi connectivity index (χ4n) is 4.21. The van der Waals surface area contributed by atoms with E-state index in [4.69, 9.17) is 0 Å². The first-order chi connectivity index (χ1) is 13.4. The van der Waals surface area contributed by atoms with Gasteiger partial charge in [-0.05, 0) is 37.8 Å². The van der Waals surface area contributed by atoms with Gasteiger partial charge in [-0.2, -0.15) is 0 Å². The third kappa shape index (κ3) is 3.15. The Morgan fingerprint density at radius 2 is 2.18 bits per heavy atom. The Balaban J connectivity index is 1.43. The zero-order chi connectivity index (χ0) is 19.9. The predicted molar refractivity (Wildman–Crippen MR) is 107 cm³/mol. The van der Waals surface area contributed by atoms with Crippen LogP contribution in [-0.2, 0) is 9.59 Å². The van der Waals surface area contributed by atoms with Gasteiger partial charge in [-0.25, -0.2) is 9.78 Å². The van der Waals surface area contributed by atoms with Gasteiger partial charge >= 0.3 is 6.03 Å². The lowest BCUT2D eigenvalue weighted by Crippen LogP contribution is -2.54. The molecule has 2 N–H and O–H groups in total. The lowest BCUT2D eigenvalue weighted by atomic mass is 9.73. The van der Waals surface area contributed by atoms with Gasteiger partial charge in [0.1, 0.15) is 17.1 Å². The molecule has 28 heavy (non-hydrogen) atoms. The van der Waals surface area contributed by atoms with Crippen LogP contribution in [0.4, 0.5) is 4.79 Å². The average Bonchev–Trinajstić information content (AvgIpc) is 3.20. The summed E-state index contributed by atoms with van der Waals surface area (Å²) in [5.41, 5.74) is 0.0553. The highest BCUT2D eigenvalue weighted by Crippen LogP contribution is 2.38. The number of rotatable bonds is 4. The molecule has 7 nitrogen and oxygen atoms in total. The summed E-state index contributed by atoms with van der Waals surface area (Å²) in [4.78, 5) is 43.5. The van der Waals surface area contributed by atoms with Crippen LogP contribution in [0.3, 0.4) is 0 Å². The number of imide groups is 1. The molecule has 2 heterocycles. The summed E-state index contributed by atoms with van der Waals surface area (Å²) < 4.78 is 1.06. The van der Waals surface area contributed by atoms with Gasteiger partial charge < -0.3 is 10.6 Å². The van der Waals surface area contributed by atoms with Crippen LogP contribution in [0.2, 0.25) is 0 Å². The van der Waals surface area contributed by atoms with E-state index in [2.05, 4.69) is 15.6 Å². The summed E-state index contributed by atoms with van der Waals surface area (Å²) in [5, 5.41) is 6.53. The Bertz CT molecular complexity index is 909. The van der Waals surface area contributed by atoms with E-state index in [1.165, 1.54) is 11.3 Å². The minimum atomic E-state index is -0.839. The Morgan fingerprint density at radius 1 is 1.39 bits per heavy atom. The maximum atomic E-state index is 13.0. The highest BCUT2D eigenvalue weighted by atomic mass is 32.1. The molecule has 2 fully saturated rings. The average molecular weight is 401 g/mol. The number of hydrogen-bond donors (Lipinski definition) is 2. The van der Waals surface area contributed by atoms with Gasteiger partial charge in [0.25, 0.3) is 5.91 Å². The van der Waals surface area contributed by atoms with E-state index in [9.17, 15) is 14.4 Å². The molecule has 2 aliphatic rings. The normalized spacial score (nSPS) is 25.9. The number of fused-ring (bicyclic) bond motifs is 1. The van der Waals surface area contributed by atoms with Gasteiger partial charge in [0, 0.05) is 0 Å². The first kappa shape index (κ1) is 18.9. The lowest BCUT2D eigenvalue weighted by molar-refractivity contribution is -0.137. The molecule has 4 rings (SSSR count). The molecular weight excluding hydrogens is 376 g/mol. The third-order valence-electron chi connectivity index (χ3n) is 5.86. The Hall–Kier alpha value is -2.48. The zero-order valence-corrected chi connectivity index (χ0v) is 16.8. The molecule has 1 saturated heterocycles. The van der Waals surface area contributed by atoms with Crippen LogP contribution in [0.5, 0.6) is 0 Å². The van der Waals surface area contributed by atoms with E-state index < -0.39 is 11.6 Å². The first-order valence-corrected chi connectivity index (χ1v) is 10.5. The molecule has 2 aromatic rings. The largest absolute Gasteiger partial charge is 0.346 e. The quantitative estimate of drug-likeness (QED) is 0.772. The highest BCUT2D eigenvalue weighted by molar-refractivity contribution is 7.18. The maximum absolute atomic E-state index is 13.0. The van der Waals surface area contributed by atoms with Crippen molar-refractivity contribution in [3.05, 3.63) is 29.3 Å². The summed E-state index contributed by atoms with van der Waals surface area (Å²) in [5.74, 6) is -0.560. The topological polar surface area (TPSA) is 91.4 Å². The Labute approximate surface area is 167 Å². The molecule has 1 aliphatic carbocycles. The highest BCUT2D eigenvalue weighted by Gasteiger charge is 2.55. The molecule has 1 spiro atoms. The van der Waals surface area contributed by atoms with Crippen molar-refractivity contribution in [2.75, 3.05) is 6.54 Å². The van der Waals surface area contributed by atoms with Gasteiger partial charge in [-0.15, -0.1) is 11.3 Å². The molecule has 0 unspecified atom stereocenters. The molecule has 1 aromatic heterocycles. The van der Waals surface area contributed by atoms with Crippen molar-refractivity contribution in [2.24, 2.45) is 5.92 Å². The van der Waals surface area contributed by atoms with Crippen LogP contribution >= 0.6 is 11.3 Å². The number of carbonyl (C=O) groups excluding carboxylic acids is 3. The van der Waals surface area contributed by atoms with Gasteiger partial charge in [0.15, 0.2) is 0 Å². The fraction of sp³-hybridized carbons (Fsp3) is 0.500. The van der Waals surface area contributed by atoms with Crippen LogP contribution in [-0.4, -0.2) is 39.8 Å². The van der Waals surface area contributed by atoms with Crippen LogP contribution in [0, 0.1) is 5.92 Å². The first-order valence-electron chi connectivity index (χ1n) is 9.69. The number of amides is 4.